The first-order valence-electron chi connectivity index (χ1n) is 8.04. The van der Waals surface area contributed by atoms with Gasteiger partial charge >= 0.3 is 15.9 Å². The molecule has 136 valence electrons. The van der Waals surface area contributed by atoms with Crippen LogP contribution in [0.15, 0.2) is 45.6 Å². The van der Waals surface area contributed by atoms with Gasteiger partial charge in [-0.2, -0.15) is 12.7 Å². The molecule has 1 saturated heterocycles. The van der Waals surface area contributed by atoms with E-state index in [1.54, 1.807) is 12.1 Å². The zero-order valence-corrected chi connectivity index (χ0v) is 14.5. The second-order valence-corrected chi connectivity index (χ2v) is 7.51. The third kappa shape index (κ3) is 3.00. The van der Waals surface area contributed by atoms with E-state index < -0.39 is 15.9 Å². The second-order valence-electron chi connectivity index (χ2n) is 5.97. The Morgan fingerprint density at radius 3 is 2.54 bits per heavy atom. The van der Waals surface area contributed by atoms with Crippen molar-refractivity contribution in [3.8, 4) is 11.5 Å². The number of phenols is 1. The number of piperazine rings is 1. The Bertz CT molecular complexity index is 1150. The molecule has 0 saturated carbocycles. The average Bonchev–Trinajstić information content (AvgIpc) is 2.62. The number of phenolic OH excluding ortho intramolecular Hbond substituents is 1. The van der Waals surface area contributed by atoms with Crippen LogP contribution in [0.3, 0.4) is 0 Å². The van der Waals surface area contributed by atoms with Crippen molar-refractivity contribution in [2.24, 2.45) is 0 Å². The first kappa shape index (κ1) is 16.8. The lowest BCUT2D eigenvalue weighted by Gasteiger charge is -2.25. The standard InChI is InChI=1S/C17H16N2O6S/c20-11-1-3-13-14-4-2-12(10-16(14)24-17(21)15(13)9-11)25-26(22,23)19-7-5-18-6-8-19/h1-4,9-10,18,20H,5-8H2. The molecule has 0 bridgehead atoms. The molecule has 1 aliphatic heterocycles. The number of aromatic hydroxyl groups is 1. The molecule has 1 aliphatic rings. The van der Waals surface area contributed by atoms with Crippen molar-refractivity contribution in [3.05, 3.63) is 46.8 Å². The molecule has 0 amide bonds. The molecule has 26 heavy (non-hydrogen) atoms. The highest BCUT2D eigenvalue weighted by Crippen LogP contribution is 2.29. The highest BCUT2D eigenvalue weighted by atomic mass is 32.2. The summed E-state index contributed by atoms with van der Waals surface area (Å²) in [7, 11) is -3.92. The van der Waals surface area contributed by atoms with Gasteiger partial charge in [0.15, 0.2) is 0 Å². The molecule has 9 heteroatoms. The Kier molecular flexibility index (Phi) is 4.06. The topological polar surface area (TPSA) is 109 Å². The molecule has 2 N–H and O–H groups in total. The molecule has 0 aliphatic carbocycles. The van der Waals surface area contributed by atoms with Crippen molar-refractivity contribution >= 4 is 32.0 Å². The first-order chi connectivity index (χ1) is 12.4. The van der Waals surface area contributed by atoms with E-state index in [1.165, 1.54) is 28.6 Å². The van der Waals surface area contributed by atoms with E-state index in [4.69, 9.17) is 8.60 Å². The van der Waals surface area contributed by atoms with Crippen LogP contribution in [0.5, 0.6) is 11.5 Å². The number of nitrogens with one attached hydrogen (secondary N) is 1. The van der Waals surface area contributed by atoms with Crippen molar-refractivity contribution in [2.75, 3.05) is 26.2 Å². The van der Waals surface area contributed by atoms with E-state index in [0.717, 1.165) is 0 Å². The van der Waals surface area contributed by atoms with Gasteiger partial charge < -0.3 is 19.0 Å². The Morgan fingerprint density at radius 2 is 1.77 bits per heavy atom. The lowest BCUT2D eigenvalue weighted by atomic mass is 10.1. The zero-order chi connectivity index (χ0) is 18.3. The van der Waals surface area contributed by atoms with Crippen molar-refractivity contribution in [3.63, 3.8) is 0 Å². The number of rotatable bonds is 3. The summed E-state index contributed by atoms with van der Waals surface area (Å²) in [6.07, 6.45) is 0. The fourth-order valence-corrected chi connectivity index (χ4v) is 4.08. The van der Waals surface area contributed by atoms with Gasteiger partial charge in [0.05, 0.1) is 5.39 Å². The van der Waals surface area contributed by atoms with Crippen LogP contribution < -0.4 is 15.1 Å². The fraction of sp³-hybridized carbons (Fsp3) is 0.235. The van der Waals surface area contributed by atoms with Gasteiger partial charge in [0.25, 0.3) is 0 Å². The van der Waals surface area contributed by atoms with Crippen LogP contribution in [-0.2, 0) is 10.3 Å². The minimum absolute atomic E-state index is 0.0359. The van der Waals surface area contributed by atoms with E-state index >= 15 is 0 Å². The van der Waals surface area contributed by atoms with E-state index in [1.807, 2.05) is 0 Å². The highest BCUT2D eigenvalue weighted by molar-refractivity contribution is 7.84. The van der Waals surface area contributed by atoms with Gasteiger partial charge in [-0.1, -0.05) is 0 Å². The number of fused-ring (bicyclic) bond motifs is 3. The minimum atomic E-state index is -3.92. The third-order valence-electron chi connectivity index (χ3n) is 4.26. The maximum Gasteiger partial charge on any atom is 0.385 e. The lowest BCUT2D eigenvalue weighted by molar-refractivity contribution is 0.323. The Morgan fingerprint density at radius 1 is 1.04 bits per heavy atom. The molecule has 4 rings (SSSR count). The summed E-state index contributed by atoms with van der Waals surface area (Å²) in [5.74, 6) is 0.0310. The maximum atomic E-state index is 12.4. The van der Waals surface area contributed by atoms with E-state index in [-0.39, 0.29) is 22.5 Å². The van der Waals surface area contributed by atoms with Crippen LogP contribution in [0, 0.1) is 0 Å². The molecule has 2 heterocycles. The Hall–Kier alpha value is -2.62. The van der Waals surface area contributed by atoms with Gasteiger partial charge in [-0.05, 0) is 30.3 Å². The maximum absolute atomic E-state index is 12.4. The van der Waals surface area contributed by atoms with Crippen molar-refractivity contribution in [2.45, 2.75) is 0 Å². The molecule has 0 atom stereocenters. The summed E-state index contributed by atoms with van der Waals surface area (Å²) in [5, 5.41) is 14.1. The van der Waals surface area contributed by atoms with E-state index in [2.05, 4.69) is 5.32 Å². The Balaban J connectivity index is 1.75. The molecule has 1 fully saturated rings. The number of nitrogens with zero attached hydrogens (tertiary/aromatic N) is 1. The fourth-order valence-electron chi connectivity index (χ4n) is 2.99. The summed E-state index contributed by atoms with van der Waals surface area (Å²) in [4.78, 5) is 12.1. The molecule has 3 aromatic rings. The van der Waals surface area contributed by atoms with Crippen LogP contribution in [0.1, 0.15) is 0 Å². The van der Waals surface area contributed by atoms with Crippen LogP contribution >= 0.6 is 0 Å². The molecule has 0 spiro atoms. The smallest absolute Gasteiger partial charge is 0.385 e. The number of benzene rings is 2. The monoisotopic (exact) mass is 376 g/mol. The van der Waals surface area contributed by atoms with Gasteiger partial charge in [0.2, 0.25) is 0 Å². The van der Waals surface area contributed by atoms with Crippen LogP contribution in [0.4, 0.5) is 0 Å². The van der Waals surface area contributed by atoms with Gasteiger partial charge in [0.1, 0.15) is 17.1 Å². The normalized spacial score (nSPS) is 16.2. The quantitative estimate of drug-likeness (QED) is 0.522. The summed E-state index contributed by atoms with van der Waals surface area (Å²) >= 11 is 0. The van der Waals surface area contributed by atoms with Gasteiger partial charge in [-0.25, -0.2) is 4.79 Å². The molecule has 0 radical (unpaired) electrons. The SMILES string of the molecule is O=c1oc2cc(OS(=O)(=O)N3CCNCC3)ccc2c2ccc(O)cc12. The summed E-state index contributed by atoms with van der Waals surface area (Å²) in [6, 6.07) is 8.93. The molecule has 0 unspecified atom stereocenters. The molecular formula is C17H16N2O6S. The largest absolute Gasteiger partial charge is 0.508 e. The number of hydrogen-bond donors (Lipinski definition) is 2. The van der Waals surface area contributed by atoms with E-state index in [9.17, 15) is 18.3 Å². The van der Waals surface area contributed by atoms with Gasteiger partial charge in [-0.15, -0.1) is 0 Å². The Labute approximate surface area is 148 Å². The predicted octanol–water partition coefficient (Wildman–Crippen LogP) is 1.18. The van der Waals surface area contributed by atoms with Crippen molar-refractivity contribution in [1.29, 1.82) is 0 Å². The minimum Gasteiger partial charge on any atom is -0.508 e. The third-order valence-corrected chi connectivity index (χ3v) is 5.66. The van der Waals surface area contributed by atoms with Gasteiger partial charge in [0, 0.05) is 43.0 Å². The number of hydrogen-bond acceptors (Lipinski definition) is 7. The molecule has 2 aromatic carbocycles. The van der Waals surface area contributed by atoms with Crippen LogP contribution in [0.2, 0.25) is 0 Å². The summed E-state index contributed by atoms with van der Waals surface area (Å²) in [6.45, 7) is 1.79. The van der Waals surface area contributed by atoms with Gasteiger partial charge in [-0.3, -0.25) is 0 Å². The first-order valence-corrected chi connectivity index (χ1v) is 9.40. The van der Waals surface area contributed by atoms with Crippen LogP contribution in [-0.4, -0.2) is 44.0 Å². The molecule has 8 nitrogen and oxygen atoms in total. The van der Waals surface area contributed by atoms with Crippen molar-refractivity contribution < 1.29 is 22.1 Å². The highest BCUT2D eigenvalue weighted by Gasteiger charge is 2.26. The van der Waals surface area contributed by atoms with Crippen molar-refractivity contribution in [1.82, 2.24) is 9.62 Å². The zero-order valence-electron chi connectivity index (χ0n) is 13.6. The van der Waals surface area contributed by atoms with Crippen LogP contribution in [0.25, 0.3) is 21.7 Å². The average molecular weight is 376 g/mol. The second kappa shape index (κ2) is 6.27. The lowest BCUT2D eigenvalue weighted by Crippen LogP contribution is -2.47. The summed E-state index contributed by atoms with van der Waals surface area (Å²) in [5.41, 5.74) is -0.410. The predicted molar refractivity (Wildman–Crippen MR) is 95.6 cm³/mol. The summed E-state index contributed by atoms with van der Waals surface area (Å²) < 4.78 is 36.4. The van der Waals surface area contributed by atoms with E-state index in [0.29, 0.717) is 37.0 Å². The molecular weight excluding hydrogens is 360 g/mol. The molecule has 1 aromatic heterocycles.